The maximum Gasteiger partial charge on any atom is 0.236 e. The summed E-state index contributed by atoms with van der Waals surface area (Å²) >= 11 is 0. The number of benzene rings is 1. The average molecular weight is 387 g/mol. The molecule has 3 heterocycles. The summed E-state index contributed by atoms with van der Waals surface area (Å²) in [6.45, 7) is 2.31. The van der Waals surface area contributed by atoms with E-state index in [1.165, 1.54) is 36.8 Å². The van der Waals surface area contributed by atoms with Crippen LogP contribution in [-0.2, 0) is 6.61 Å². The largest absolute Gasteiger partial charge is 0.470 e. The molecule has 0 saturated heterocycles. The van der Waals surface area contributed by atoms with Gasteiger partial charge in [-0.3, -0.25) is 0 Å². The van der Waals surface area contributed by atoms with Gasteiger partial charge in [-0.15, -0.1) is 15.3 Å². The molecule has 7 nitrogen and oxygen atoms in total. The Bertz CT molecular complexity index is 1190. The fraction of sp³-hybridized carbons (Fsp3) is 0.364. The van der Waals surface area contributed by atoms with Crippen LogP contribution in [0.1, 0.15) is 59.9 Å². The van der Waals surface area contributed by atoms with Crippen molar-refractivity contribution in [3.8, 4) is 17.3 Å². The van der Waals surface area contributed by atoms with Gasteiger partial charge in [0.15, 0.2) is 11.5 Å². The molecule has 146 valence electrons. The summed E-state index contributed by atoms with van der Waals surface area (Å²) in [5.41, 5.74) is 6.16. The monoisotopic (exact) mass is 387 g/mol. The highest BCUT2D eigenvalue weighted by atomic mass is 16.5. The maximum atomic E-state index is 6.24. The summed E-state index contributed by atoms with van der Waals surface area (Å²) in [4.78, 5) is 0. The number of ether oxygens (including phenoxy) is 1. The van der Waals surface area contributed by atoms with E-state index in [-0.39, 0.29) is 0 Å². The Labute approximate surface area is 167 Å². The van der Waals surface area contributed by atoms with Crippen LogP contribution in [0.15, 0.2) is 41.1 Å². The van der Waals surface area contributed by atoms with E-state index in [1.54, 1.807) is 6.26 Å². The molecular weight excluding hydrogens is 366 g/mol. The second kappa shape index (κ2) is 6.40. The fourth-order valence-electron chi connectivity index (χ4n) is 4.85. The molecular formula is C22H21N5O2. The van der Waals surface area contributed by atoms with Gasteiger partial charge in [0.05, 0.1) is 0 Å². The molecule has 1 fully saturated rings. The summed E-state index contributed by atoms with van der Waals surface area (Å²) in [5, 5.41) is 18.0. The van der Waals surface area contributed by atoms with Gasteiger partial charge in [0.1, 0.15) is 18.6 Å². The van der Waals surface area contributed by atoms with E-state index < -0.39 is 0 Å². The molecule has 3 aromatic heterocycles. The van der Waals surface area contributed by atoms with E-state index in [9.17, 15) is 0 Å². The summed E-state index contributed by atoms with van der Waals surface area (Å²) in [6.07, 6.45) is 6.42. The lowest BCUT2D eigenvalue weighted by Crippen LogP contribution is -2.25. The maximum absolute atomic E-state index is 6.24. The fourth-order valence-corrected chi connectivity index (χ4v) is 4.85. The second-order valence-corrected chi connectivity index (χ2v) is 8.04. The molecule has 0 N–H and O–H groups in total. The van der Waals surface area contributed by atoms with E-state index >= 15 is 0 Å². The molecule has 2 bridgehead atoms. The predicted octanol–water partition coefficient (Wildman–Crippen LogP) is 4.42. The van der Waals surface area contributed by atoms with Crippen molar-refractivity contribution in [3.05, 3.63) is 59.0 Å². The van der Waals surface area contributed by atoms with Crippen molar-refractivity contribution in [2.45, 2.75) is 51.0 Å². The Morgan fingerprint density at radius 1 is 1.03 bits per heavy atom. The van der Waals surface area contributed by atoms with Gasteiger partial charge in [-0.1, -0.05) is 35.5 Å². The van der Waals surface area contributed by atoms with Gasteiger partial charge in [-0.2, -0.15) is 4.52 Å². The van der Waals surface area contributed by atoms with E-state index in [1.807, 2.05) is 41.8 Å². The number of nitrogens with zero attached hydrogens (tertiary/aromatic N) is 5. The van der Waals surface area contributed by atoms with E-state index in [4.69, 9.17) is 14.4 Å². The van der Waals surface area contributed by atoms with Crippen LogP contribution in [0.4, 0.5) is 0 Å². The first-order valence-electron chi connectivity index (χ1n) is 10.2. The number of hydrogen-bond donors (Lipinski definition) is 0. The van der Waals surface area contributed by atoms with Crippen LogP contribution < -0.4 is 4.74 Å². The van der Waals surface area contributed by atoms with Gasteiger partial charge in [0.25, 0.3) is 0 Å². The molecule has 7 heteroatoms. The highest BCUT2D eigenvalue weighted by molar-refractivity contribution is 5.65. The lowest BCUT2D eigenvalue weighted by atomic mass is 9.67. The molecule has 0 atom stereocenters. The molecule has 0 unspecified atom stereocenters. The Morgan fingerprint density at radius 2 is 1.79 bits per heavy atom. The topological polar surface area (TPSA) is 78.3 Å². The van der Waals surface area contributed by atoms with Crippen LogP contribution in [0.5, 0.6) is 5.88 Å². The minimum Gasteiger partial charge on any atom is -0.470 e. The van der Waals surface area contributed by atoms with Gasteiger partial charge in [0.2, 0.25) is 5.88 Å². The zero-order valence-electron chi connectivity index (χ0n) is 16.2. The third kappa shape index (κ3) is 2.57. The summed E-state index contributed by atoms with van der Waals surface area (Å²) in [6, 6.07) is 10.1. The molecule has 1 aromatic carbocycles. The van der Waals surface area contributed by atoms with Crippen molar-refractivity contribution in [1.82, 2.24) is 25.0 Å². The number of aromatic nitrogens is 5. The van der Waals surface area contributed by atoms with Crippen LogP contribution in [-0.4, -0.2) is 25.0 Å². The molecule has 29 heavy (non-hydrogen) atoms. The van der Waals surface area contributed by atoms with Crippen molar-refractivity contribution < 1.29 is 9.26 Å². The minimum absolute atomic E-state index is 0.341. The molecule has 0 aliphatic heterocycles. The number of hydrogen-bond acceptors (Lipinski definition) is 6. The number of aryl methyl sites for hydroxylation is 1. The minimum atomic E-state index is 0.341. The average Bonchev–Trinajstić information content (AvgIpc) is 3.39. The first-order valence-corrected chi connectivity index (χ1v) is 10.2. The van der Waals surface area contributed by atoms with Crippen LogP contribution in [0, 0.1) is 6.92 Å². The van der Waals surface area contributed by atoms with Crippen molar-refractivity contribution in [2.75, 3.05) is 0 Å². The Morgan fingerprint density at radius 3 is 2.52 bits per heavy atom. The summed E-state index contributed by atoms with van der Waals surface area (Å²) < 4.78 is 13.2. The standard InChI is InChI=1S/C22H21N5O2/c1-13-11-29-26-17(13)12-28-22-19-15-9-7-14(8-10-15)18(19)21-24-23-20(27(21)25-22)16-5-3-2-4-6-16/h2-6,11,14-15H,7-10,12H2,1H3. The van der Waals surface area contributed by atoms with Crippen molar-refractivity contribution in [1.29, 1.82) is 0 Å². The Kier molecular flexibility index (Phi) is 3.69. The molecule has 7 rings (SSSR count). The van der Waals surface area contributed by atoms with Crippen molar-refractivity contribution in [2.24, 2.45) is 0 Å². The van der Waals surface area contributed by atoms with Crippen LogP contribution >= 0.6 is 0 Å². The number of rotatable bonds is 4. The quantitative estimate of drug-likeness (QED) is 0.516. The van der Waals surface area contributed by atoms with Crippen molar-refractivity contribution in [3.63, 3.8) is 0 Å². The first-order chi connectivity index (χ1) is 14.3. The Balaban J connectivity index is 1.52. The zero-order chi connectivity index (χ0) is 19.4. The zero-order valence-corrected chi connectivity index (χ0v) is 16.2. The smallest absolute Gasteiger partial charge is 0.236 e. The van der Waals surface area contributed by atoms with Gasteiger partial charge in [-0.25, -0.2) is 0 Å². The normalized spacial score (nSPS) is 20.2. The second-order valence-electron chi connectivity index (χ2n) is 8.04. The molecule has 0 spiro atoms. The lowest BCUT2D eigenvalue weighted by Gasteiger charge is -2.38. The molecule has 0 radical (unpaired) electrons. The molecule has 3 aliphatic rings. The summed E-state index contributed by atoms with van der Waals surface area (Å²) in [5.74, 6) is 2.41. The molecule has 3 aliphatic carbocycles. The predicted molar refractivity (Wildman–Crippen MR) is 106 cm³/mol. The van der Waals surface area contributed by atoms with Gasteiger partial charge in [-0.05, 0) is 44.4 Å². The molecule has 4 aromatic rings. The SMILES string of the molecule is Cc1conc1COc1nn2c(-c3ccccc3)nnc2c2c1C1CCC2CC1. The van der Waals surface area contributed by atoms with Crippen molar-refractivity contribution >= 4 is 5.65 Å². The van der Waals surface area contributed by atoms with Crippen LogP contribution in [0.25, 0.3) is 17.0 Å². The van der Waals surface area contributed by atoms with E-state index in [0.29, 0.717) is 24.3 Å². The van der Waals surface area contributed by atoms with Gasteiger partial charge < -0.3 is 9.26 Å². The van der Waals surface area contributed by atoms with Crippen LogP contribution in [0.2, 0.25) is 0 Å². The Hall–Kier alpha value is -3.22. The molecule has 0 amide bonds. The van der Waals surface area contributed by atoms with Gasteiger partial charge >= 0.3 is 0 Å². The summed E-state index contributed by atoms with van der Waals surface area (Å²) in [7, 11) is 0. The molecule has 1 saturated carbocycles. The van der Waals surface area contributed by atoms with Crippen LogP contribution in [0.3, 0.4) is 0 Å². The third-order valence-electron chi connectivity index (χ3n) is 6.36. The first kappa shape index (κ1) is 16.7. The van der Waals surface area contributed by atoms with E-state index in [0.717, 1.165) is 28.3 Å². The third-order valence-corrected chi connectivity index (χ3v) is 6.36. The lowest BCUT2D eigenvalue weighted by molar-refractivity contribution is 0.258. The van der Waals surface area contributed by atoms with E-state index in [2.05, 4.69) is 15.4 Å². The highest BCUT2D eigenvalue weighted by Crippen LogP contribution is 2.53. The number of fused-ring (bicyclic) bond motifs is 3. The highest BCUT2D eigenvalue weighted by Gasteiger charge is 2.39. The van der Waals surface area contributed by atoms with Gasteiger partial charge in [0, 0.05) is 22.3 Å².